The van der Waals surface area contributed by atoms with Gasteiger partial charge in [0, 0.05) is 6.07 Å². The molecule has 0 aromatic heterocycles. The molecule has 0 fully saturated rings. The fraction of sp³-hybridized carbons (Fsp3) is 0.300. The van der Waals surface area contributed by atoms with Crippen molar-refractivity contribution < 1.29 is 26.7 Å². The molecule has 0 unspecified atom stereocenters. The lowest BCUT2D eigenvalue weighted by atomic mass is 10.3. The molecule has 3 N–H and O–H groups in total. The lowest BCUT2D eigenvalue weighted by molar-refractivity contribution is -0.323. The van der Waals surface area contributed by atoms with Crippen molar-refractivity contribution in [2.45, 2.75) is 6.36 Å². The summed E-state index contributed by atoms with van der Waals surface area (Å²) in [6.45, 7) is -1.10. The van der Waals surface area contributed by atoms with Crippen molar-refractivity contribution in [2.24, 2.45) is 10.7 Å². The van der Waals surface area contributed by atoms with Crippen molar-refractivity contribution in [1.29, 1.82) is 0 Å². The number of guanidine groups is 1. The van der Waals surface area contributed by atoms with E-state index in [1.807, 2.05) is 0 Å². The molecular formula is C10H10F5N3O. The van der Waals surface area contributed by atoms with Crippen molar-refractivity contribution in [1.82, 2.24) is 0 Å². The molecule has 1 aromatic carbocycles. The Hall–Kier alpha value is -1.90. The number of nitrogens with two attached hydrogens (primary N) is 1. The Morgan fingerprint density at radius 3 is 2.63 bits per heavy atom. The molecule has 0 radical (unpaired) electrons. The van der Waals surface area contributed by atoms with Crippen LogP contribution in [0, 0.1) is 11.6 Å². The Morgan fingerprint density at radius 2 is 2.00 bits per heavy atom. The second-order valence-corrected chi connectivity index (χ2v) is 3.31. The van der Waals surface area contributed by atoms with E-state index >= 15 is 0 Å². The predicted octanol–water partition coefficient (Wildman–Crippen LogP) is 2.23. The van der Waals surface area contributed by atoms with Gasteiger partial charge in [0.15, 0.2) is 5.96 Å². The normalized spacial score (nSPS) is 12.6. The van der Waals surface area contributed by atoms with Crippen LogP contribution in [-0.4, -0.2) is 25.5 Å². The second kappa shape index (κ2) is 6.32. The van der Waals surface area contributed by atoms with E-state index in [1.165, 1.54) is 0 Å². The van der Waals surface area contributed by atoms with Crippen LogP contribution < -0.4 is 11.1 Å². The first kappa shape index (κ1) is 15.2. The molecule has 1 aromatic rings. The van der Waals surface area contributed by atoms with Crippen molar-refractivity contribution >= 4 is 11.6 Å². The van der Waals surface area contributed by atoms with Gasteiger partial charge in [-0.1, -0.05) is 0 Å². The molecule has 1 rings (SSSR count). The third kappa shape index (κ3) is 6.00. The van der Waals surface area contributed by atoms with Crippen LogP contribution in [0.2, 0.25) is 0 Å². The standard InChI is InChI=1S/C10H10F5N3O/c11-6-1-2-7(12)8(5-6)18-9(16)17-3-4-19-10(13,14)15/h1-2,5H,3-4H2,(H3,16,17,18). The van der Waals surface area contributed by atoms with Gasteiger partial charge in [-0.2, -0.15) is 0 Å². The van der Waals surface area contributed by atoms with Crippen molar-refractivity contribution in [3.05, 3.63) is 29.8 Å². The zero-order chi connectivity index (χ0) is 14.5. The van der Waals surface area contributed by atoms with Gasteiger partial charge in [-0.15, -0.1) is 13.2 Å². The molecule has 0 spiro atoms. The monoisotopic (exact) mass is 283 g/mol. The van der Waals surface area contributed by atoms with Gasteiger partial charge in [-0.25, -0.2) is 8.78 Å². The summed E-state index contributed by atoms with van der Waals surface area (Å²) >= 11 is 0. The first-order valence-corrected chi connectivity index (χ1v) is 5.00. The Morgan fingerprint density at radius 1 is 1.32 bits per heavy atom. The fourth-order valence-corrected chi connectivity index (χ4v) is 1.10. The average Bonchev–Trinajstić information content (AvgIpc) is 2.28. The van der Waals surface area contributed by atoms with Gasteiger partial charge < -0.3 is 11.1 Å². The van der Waals surface area contributed by atoms with E-state index < -0.39 is 24.6 Å². The fourth-order valence-electron chi connectivity index (χ4n) is 1.10. The number of ether oxygens (including phenoxy) is 1. The number of aliphatic imine (C=N–C) groups is 1. The van der Waals surface area contributed by atoms with Gasteiger partial charge in [-0.3, -0.25) is 9.73 Å². The van der Waals surface area contributed by atoms with Gasteiger partial charge in [0.1, 0.15) is 11.6 Å². The molecule has 4 nitrogen and oxygen atoms in total. The third-order valence-corrected chi connectivity index (χ3v) is 1.83. The number of nitrogens with one attached hydrogen (secondary N) is 1. The molecule has 0 amide bonds. The molecule has 0 heterocycles. The van der Waals surface area contributed by atoms with E-state index in [0.29, 0.717) is 0 Å². The van der Waals surface area contributed by atoms with Crippen molar-refractivity contribution in [3.8, 4) is 0 Å². The SMILES string of the molecule is NC(=NCCOC(F)(F)F)Nc1cc(F)ccc1F. The van der Waals surface area contributed by atoms with E-state index in [1.54, 1.807) is 0 Å². The molecule has 0 saturated heterocycles. The van der Waals surface area contributed by atoms with Gasteiger partial charge in [0.25, 0.3) is 0 Å². The summed E-state index contributed by atoms with van der Waals surface area (Å²) in [6.07, 6.45) is -4.74. The number of nitrogens with zero attached hydrogens (tertiary/aromatic N) is 1. The molecule has 0 aliphatic carbocycles. The van der Waals surface area contributed by atoms with Gasteiger partial charge in [0.05, 0.1) is 18.8 Å². The molecule has 19 heavy (non-hydrogen) atoms. The third-order valence-electron chi connectivity index (χ3n) is 1.83. The summed E-state index contributed by atoms with van der Waals surface area (Å²) in [4.78, 5) is 3.46. The molecule has 0 bridgehead atoms. The lowest BCUT2D eigenvalue weighted by Crippen LogP contribution is -2.24. The Labute approximate surface area is 105 Å². The van der Waals surface area contributed by atoms with Crippen LogP contribution >= 0.6 is 0 Å². The number of alkyl halides is 3. The zero-order valence-corrected chi connectivity index (χ0v) is 9.47. The van der Waals surface area contributed by atoms with Crippen molar-refractivity contribution in [3.63, 3.8) is 0 Å². The predicted molar refractivity (Wildman–Crippen MR) is 58.5 cm³/mol. The highest BCUT2D eigenvalue weighted by atomic mass is 19.4. The smallest absolute Gasteiger partial charge is 0.370 e. The number of hydrogen-bond donors (Lipinski definition) is 2. The molecule has 0 aliphatic heterocycles. The highest BCUT2D eigenvalue weighted by Crippen LogP contribution is 2.16. The van der Waals surface area contributed by atoms with Crippen molar-refractivity contribution in [2.75, 3.05) is 18.5 Å². The molecule has 9 heteroatoms. The molecule has 106 valence electrons. The first-order valence-electron chi connectivity index (χ1n) is 5.00. The second-order valence-electron chi connectivity index (χ2n) is 3.31. The summed E-state index contributed by atoms with van der Waals surface area (Å²) in [5.41, 5.74) is 5.02. The van der Waals surface area contributed by atoms with E-state index in [9.17, 15) is 22.0 Å². The minimum Gasteiger partial charge on any atom is -0.370 e. The Balaban J connectivity index is 2.50. The highest BCUT2D eigenvalue weighted by Gasteiger charge is 2.28. The van der Waals surface area contributed by atoms with Crippen LogP contribution in [0.4, 0.5) is 27.6 Å². The van der Waals surface area contributed by atoms with Crippen LogP contribution in [0.25, 0.3) is 0 Å². The number of anilines is 1. The maximum atomic E-state index is 13.2. The van der Waals surface area contributed by atoms with E-state index in [0.717, 1.165) is 18.2 Å². The maximum absolute atomic E-state index is 13.2. The number of hydrogen-bond acceptors (Lipinski definition) is 2. The summed E-state index contributed by atoms with van der Waals surface area (Å²) in [6, 6.07) is 2.62. The summed E-state index contributed by atoms with van der Waals surface area (Å²) in [7, 11) is 0. The summed E-state index contributed by atoms with van der Waals surface area (Å²) < 4.78 is 64.3. The molecule has 0 aliphatic rings. The minimum atomic E-state index is -4.74. The zero-order valence-electron chi connectivity index (χ0n) is 9.47. The van der Waals surface area contributed by atoms with E-state index in [2.05, 4.69) is 15.0 Å². The first-order chi connectivity index (χ1) is 8.78. The van der Waals surface area contributed by atoms with E-state index in [4.69, 9.17) is 5.73 Å². The average molecular weight is 283 g/mol. The largest absolute Gasteiger partial charge is 0.522 e. The summed E-state index contributed by atoms with van der Waals surface area (Å²) in [5, 5.41) is 2.22. The van der Waals surface area contributed by atoms with Crippen LogP contribution in [-0.2, 0) is 4.74 Å². The Bertz CT molecular complexity index is 461. The van der Waals surface area contributed by atoms with E-state index in [-0.39, 0.29) is 18.2 Å². The van der Waals surface area contributed by atoms with Crippen LogP contribution in [0.3, 0.4) is 0 Å². The van der Waals surface area contributed by atoms with Gasteiger partial charge in [0.2, 0.25) is 0 Å². The summed E-state index contributed by atoms with van der Waals surface area (Å²) in [5.74, 6) is -1.82. The number of rotatable bonds is 4. The number of halogens is 5. The number of benzene rings is 1. The quantitative estimate of drug-likeness (QED) is 0.385. The highest BCUT2D eigenvalue weighted by molar-refractivity contribution is 5.92. The molecule has 0 saturated carbocycles. The van der Waals surface area contributed by atoms with Gasteiger partial charge in [-0.05, 0) is 12.1 Å². The van der Waals surface area contributed by atoms with Crippen LogP contribution in [0.15, 0.2) is 23.2 Å². The van der Waals surface area contributed by atoms with Crippen LogP contribution in [0.5, 0.6) is 0 Å². The minimum absolute atomic E-state index is 0.266. The van der Waals surface area contributed by atoms with Crippen LogP contribution in [0.1, 0.15) is 0 Å². The lowest BCUT2D eigenvalue weighted by Gasteiger charge is -2.08. The van der Waals surface area contributed by atoms with Gasteiger partial charge >= 0.3 is 6.36 Å². The maximum Gasteiger partial charge on any atom is 0.522 e. The Kier molecular flexibility index (Phi) is 5.04. The topological polar surface area (TPSA) is 59.6 Å². The molecular weight excluding hydrogens is 273 g/mol. The molecule has 0 atom stereocenters.